The van der Waals surface area contributed by atoms with E-state index in [1.807, 2.05) is 0 Å². The van der Waals surface area contributed by atoms with Gasteiger partial charge < -0.3 is 20.9 Å². The fourth-order valence-corrected chi connectivity index (χ4v) is 2.69. The van der Waals surface area contributed by atoms with Crippen LogP contribution in [-0.2, 0) is 11.3 Å². The van der Waals surface area contributed by atoms with Crippen molar-refractivity contribution < 1.29 is 14.3 Å². The molecular weight excluding hydrogens is 390 g/mol. The van der Waals surface area contributed by atoms with Crippen LogP contribution >= 0.6 is 0 Å². The summed E-state index contributed by atoms with van der Waals surface area (Å²) in [6, 6.07) is 3.22. The quantitative estimate of drug-likeness (QED) is 0.371. The third-order valence-corrected chi connectivity index (χ3v) is 3.99. The number of aliphatic imine (C=N–C) groups is 2. The van der Waals surface area contributed by atoms with Crippen molar-refractivity contribution in [3.05, 3.63) is 34.3 Å². The van der Waals surface area contributed by atoms with E-state index in [2.05, 4.69) is 27.0 Å². The minimum absolute atomic E-state index is 0.00156. The zero-order valence-electron chi connectivity index (χ0n) is 16.9. The van der Waals surface area contributed by atoms with Gasteiger partial charge in [0.25, 0.3) is 11.5 Å². The van der Waals surface area contributed by atoms with Crippen LogP contribution < -0.4 is 31.8 Å². The first-order valence-electron chi connectivity index (χ1n) is 9.13. The summed E-state index contributed by atoms with van der Waals surface area (Å²) in [6.07, 6.45) is 2.49. The zero-order valence-corrected chi connectivity index (χ0v) is 16.9. The van der Waals surface area contributed by atoms with E-state index in [0.717, 1.165) is 0 Å². The molecule has 0 fully saturated rings. The Bertz CT molecular complexity index is 1040. The number of amides is 1. The number of carbonyl (C=O) groups is 1. The van der Waals surface area contributed by atoms with Gasteiger partial charge in [0.1, 0.15) is 12.1 Å². The second-order valence-corrected chi connectivity index (χ2v) is 5.83. The number of methoxy groups -OCH3 is 1. The Morgan fingerprint density at radius 3 is 2.77 bits per heavy atom. The number of carbonyl (C=O) groups excluding carboxylic acids is 1. The fourth-order valence-electron chi connectivity index (χ4n) is 2.69. The number of nitrogens with zero attached hydrogens (tertiary/aromatic N) is 4. The maximum Gasteiger partial charge on any atom is 0.262 e. The van der Waals surface area contributed by atoms with Crippen molar-refractivity contribution in [1.29, 1.82) is 0 Å². The molecule has 0 aliphatic heterocycles. The molecule has 1 amide bonds. The first-order valence-corrected chi connectivity index (χ1v) is 9.13. The van der Waals surface area contributed by atoms with Gasteiger partial charge in [-0.15, -0.1) is 0 Å². The molecule has 0 saturated heterocycles. The fraction of sp³-hybridized carbons (Fsp3) is 0.316. The number of aromatic nitrogens is 2. The molecule has 0 saturated carbocycles. The lowest BCUT2D eigenvalue weighted by Crippen LogP contribution is -2.28. The number of rotatable bonds is 10. The number of benzene rings is 1. The molecule has 1 heterocycles. The number of anilines is 1. The molecule has 1 aromatic carbocycles. The Balaban J connectivity index is 2.62. The molecular formula is C19H25N7O4. The summed E-state index contributed by atoms with van der Waals surface area (Å²) >= 11 is 0. The normalized spacial score (nSPS) is 11.7. The van der Waals surface area contributed by atoms with Crippen LogP contribution in [0.1, 0.15) is 6.92 Å². The van der Waals surface area contributed by atoms with Crippen molar-refractivity contribution in [1.82, 2.24) is 9.55 Å². The van der Waals surface area contributed by atoms with Gasteiger partial charge in [0, 0.05) is 25.5 Å². The topological polar surface area (TPSA) is 159 Å². The average molecular weight is 415 g/mol. The summed E-state index contributed by atoms with van der Waals surface area (Å²) in [7, 11) is 1.44. The van der Waals surface area contributed by atoms with Gasteiger partial charge in [-0.2, -0.15) is 0 Å². The van der Waals surface area contributed by atoms with Crippen LogP contribution in [0.15, 0.2) is 38.7 Å². The largest absolute Gasteiger partial charge is 0.491 e. The highest BCUT2D eigenvalue weighted by atomic mass is 16.5. The average Bonchev–Trinajstić information content (AvgIpc) is 2.74. The number of ether oxygens (including phenoxy) is 2. The predicted octanol–water partition coefficient (Wildman–Crippen LogP) is 0.273. The summed E-state index contributed by atoms with van der Waals surface area (Å²) in [5.74, 6) is 0.110. The molecule has 0 aliphatic carbocycles. The minimum Gasteiger partial charge on any atom is -0.491 e. The molecule has 0 unspecified atom stereocenters. The smallest absolute Gasteiger partial charge is 0.262 e. The summed E-state index contributed by atoms with van der Waals surface area (Å²) in [5.41, 5.74) is 10.8. The van der Waals surface area contributed by atoms with E-state index in [1.165, 1.54) is 24.1 Å². The number of nitrogens with one attached hydrogen (secondary N) is 1. The lowest BCUT2D eigenvalue weighted by Gasteiger charge is -2.16. The molecule has 0 spiro atoms. The predicted molar refractivity (Wildman–Crippen MR) is 117 cm³/mol. The molecule has 11 nitrogen and oxygen atoms in total. The summed E-state index contributed by atoms with van der Waals surface area (Å²) in [6.45, 7) is 5.95. The Kier molecular flexibility index (Phi) is 8.20. The van der Waals surface area contributed by atoms with Crippen molar-refractivity contribution in [2.75, 3.05) is 32.2 Å². The zero-order chi connectivity index (χ0) is 22.1. The van der Waals surface area contributed by atoms with Crippen LogP contribution in [0.5, 0.6) is 11.5 Å². The van der Waals surface area contributed by atoms with Gasteiger partial charge in [-0.05, 0) is 25.8 Å². The third-order valence-electron chi connectivity index (χ3n) is 3.99. The van der Waals surface area contributed by atoms with Crippen molar-refractivity contribution in [2.45, 2.75) is 13.5 Å². The Morgan fingerprint density at radius 1 is 1.40 bits per heavy atom. The van der Waals surface area contributed by atoms with Crippen molar-refractivity contribution in [3.8, 4) is 11.5 Å². The van der Waals surface area contributed by atoms with Crippen molar-refractivity contribution >= 4 is 35.7 Å². The molecule has 11 heteroatoms. The van der Waals surface area contributed by atoms with Gasteiger partial charge in [-0.1, -0.05) is 0 Å². The molecule has 2 rings (SSSR count). The molecule has 160 valence electrons. The highest BCUT2D eigenvalue weighted by Crippen LogP contribution is 2.33. The van der Waals surface area contributed by atoms with Gasteiger partial charge in [0.05, 0.1) is 24.7 Å². The minimum atomic E-state index is -0.581. The van der Waals surface area contributed by atoms with Crippen LogP contribution in [-0.4, -0.2) is 55.3 Å². The number of fused-ring (bicyclic) bond motifs is 1. The van der Waals surface area contributed by atoms with Crippen LogP contribution in [0.2, 0.25) is 0 Å². The maximum atomic E-state index is 13.0. The molecule has 30 heavy (non-hydrogen) atoms. The summed E-state index contributed by atoms with van der Waals surface area (Å²) in [5, 5.41) is 2.93. The van der Waals surface area contributed by atoms with Crippen LogP contribution in [0.4, 0.5) is 5.95 Å². The molecule has 0 aliphatic rings. The van der Waals surface area contributed by atoms with E-state index in [1.54, 1.807) is 19.1 Å². The molecule has 0 bridgehead atoms. The Morgan fingerprint density at radius 2 is 2.17 bits per heavy atom. The second kappa shape index (κ2) is 10.8. The summed E-state index contributed by atoms with van der Waals surface area (Å²) in [4.78, 5) is 37.5. The SMILES string of the molecule is C=N/C=C(\C=N/CN)C(=O)Nc1nc2c(OC)c(OCCN)ccc2c(=O)n1CC. The van der Waals surface area contributed by atoms with Gasteiger partial charge in [0.15, 0.2) is 11.5 Å². The van der Waals surface area contributed by atoms with Gasteiger partial charge in [0.2, 0.25) is 5.95 Å². The van der Waals surface area contributed by atoms with Crippen LogP contribution in [0.25, 0.3) is 10.9 Å². The first kappa shape index (κ1) is 22.7. The standard InChI is InChI=1S/C19H25N7O4/c1-4-26-18(28)13-5-6-14(30-8-7-20)16(29-3)15(13)24-19(26)25-17(27)12(9-22-2)10-23-11-21/h5-6,9-10H,2,4,7-8,11,20-21H2,1,3H3,(H,24,25,27)/b12-9+,23-10-. The molecule has 1 aromatic heterocycles. The molecule has 0 radical (unpaired) electrons. The van der Waals surface area contributed by atoms with Gasteiger partial charge in [-0.25, -0.2) is 4.98 Å². The lowest BCUT2D eigenvalue weighted by molar-refractivity contribution is -0.112. The van der Waals surface area contributed by atoms with E-state index in [0.29, 0.717) is 17.7 Å². The molecule has 2 aromatic rings. The second-order valence-electron chi connectivity index (χ2n) is 5.83. The van der Waals surface area contributed by atoms with E-state index in [4.69, 9.17) is 20.9 Å². The molecule has 0 atom stereocenters. The van der Waals surface area contributed by atoms with Gasteiger partial charge in [-0.3, -0.25) is 29.5 Å². The number of nitrogens with two attached hydrogens (primary N) is 2. The highest BCUT2D eigenvalue weighted by Gasteiger charge is 2.19. The van der Waals surface area contributed by atoms with Crippen molar-refractivity contribution in [2.24, 2.45) is 21.5 Å². The number of hydrogen-bond donors (Lipinski definition) is 3. The lowest BCUT2D eigenvalue weighted by atomic mass is 10.2. The van der Waals surface area contributed by atoms with Gasteiger partial charge >= 0.3 is 0 Å². The number of hydrogen-bond acceptors (Lipinski definition) is 9. The van der Waals surface area contributed by atoms with E-state index in [-0.39, 0.29) is 48.2 Å². The maximum absolute atomic E-state index is 13.0. The van der Waals surface area contributed by atoms with Crippen LogP contribution in [0, 0.1) is 0 Å². The van der Waals surface area contributed by atoms with E-state index in [9.17, 15) is 9.59 Å². The third kappa shape index (κ3) is 4.88. The Hall–Kier alpha value is -3.57. The highest BCUT2D eigenvalue weighted by molar-refractivity contribution is 6.17. The van der Waals surface area contributed by atoms with E-state index >= 15 is 0 Å². The Labute approximate surface area is 173 Å². The van der Waals surface area contributed by atoms with E-state index < -0.39 is 5.91 Å². The van der Waals surface area contributed by atoms with Crippen LogP contribution in [0.3, 0.4) is 0 Å². The summed E-state index contributed by atoms with van der Waals surface area (Å²) < 4.78 is 12.3. The molecule has 5 N–H and O–H groups in total. The van der Waals surface area contributed by atoms with Crippen molar-refractivity contribution in [3.63, 3.8) is 0 Å². The first-order chi connectivity index (χ1) is 14.5. The monoisotopic (exact) mass is 415 g/mol.